The van der Waals surface area contributed by atoms with Crippen LogP contribution in [-0.2, 0) is 4.74 Å². The van der Waals surface area contributed by atoms with Crippen LogP contribution >= 0.6 is 11.3 Å². The molecule has 0 aliphatic heterocycles. The number of rotatable bonds is 4. The lowest BCUT2D eigenvalue weighted by molar-refractivity contribution is 0.0636. The monoisotopic (exact) mass is 287 g/mol. The standard InChI is InChI=1S/C12H21N3O3S/c1-7-9(8(16)5-6-13)19-10(14-7)15-11(17)18-12(2,3)4/h8,16H,5-6,13H2,1-4H3,(H,14,15,17)/t8-/m1/s1. The highest BCUT2D eigenvalue weighted by Crippen LogP contribution is 2.30. The van der Waals surface area contributed by atoms with Gasteiger partial charge in [-0.3, -0.25) is 5.32 Å². The van der Waals surface area contributed by atoms with Gasteiger partial charge in [0.15, 0.2) is 5.13 Å². The van der Waals surface area contributed by atoms with E-state index < -0.39 is 17.8 Å². The van der Waals surface area contributed by atoms with Gasteiger partial charge >= 0.3 is 6.09 Å². The fourth-order valence-electron chi connectivity index (χ4n) is 1.45. The molecule has 19 heavy (non-hydrogen) atoms. The van der Waals surface area contributed by atoms with Crippen LogP contribution in [-0.4, -0.2) is 28.3 Å². The molecule has 0 fully saturated rings. The van der Waals surface area contributed by atoms with Gasteiger partial charge in [0.25, 0.3) is 0 Å². The topological polar surface area (TPSA) is 97.5 Å². The number of ether oxygens (including phenoxy) is 1. The molecule has 0 aliphatic carbocycles. The lowest BCUT2D eigenvalue weighted by Crippen LogP contribution is -2.27. The van der Waals surface area contributed by atoms with Crippen LogP contribution in [0, 0.1) is 6.92 Å². The van der Waals surface area contributed by atoms with Gasteiger partial charge in [-0.2, -0.15) is 0 Å². The summed E-state index contributed by atoms with van der Waals surface area (Å²) in [5.41, 5.74) is 5.54. The molecule has 1 aromatic rings. The molecule has 1 amide bonds. The molecular weight excluding hydrogens is 266 g/mol. The maximum absolute atomic E-state index is 11.6. The molecule has 1 rings (SSSR count). The number of nitrogens with one attached hydrogen (secondary N) is 1. The van der Waals surface area contributed by atoms with Crippen LogP contribution in [0.3, 0.4) is 0 Å². The Morgan fingerprint density at radius 2 is 2.21 bits per heavy atom. The van der Waals surface area contributed by atoms with Crippen LogP contribution in [0.15, 0.2) is 0 Å². The Kier molecular flexibility index (Phi) is 5.28. The normalized spacial score (nSPS) is 13.2. The van der Waals surface area contributed by atoms with Gasteiger partial charge in [0.05, 0.1) is 16.7 Å². The van der Waals surface area contributed by atoms with E-state index in [1.807, 2.05) is 0 Å². The summed E-state index contributed by atoms with van der Waals surface area (Å²) >= 11 is 1.23. The first-order valence-corrected chi connectivity index (χ1v) is 6.90. The molecule has 0 bridgehead atoms. The van der Waals surface area contributed by atoms with E-state index in [2.05, 4.69) is 10.3 Å². The third-order valence-corrected chi connectivity index (χ3v) is 3.36. The first-order chi connectivity index (χ1) is 8.73. The largest absolute Gasteiger partial charge is 0.444 e. The summed E-state index contributed by atoms with van der Waals surface area (Å²) in [5.74, 6) is 0. The van der Waals surface area contributed by atoms with E-state index in [4.69, 9.17) is 10.5 Å². The van der Waals surface area contributed by atoms with Crippen LogP contribution in [0.4, 0.5) is 9.93 Å². The Balaban J connectivity index is 2.71. The molecule has 0 unspecified atom stereocenters. The Morgan fingerprint density at radius 1 is 1.58 bits per heavy atom. The summed E-state index contributed by atoms with van der Waals surface area (Å²) in [6, 6.07) is 0. The molecule has 0 aromatic carbocycles. The third kappa shape index (κ3) is 5.14. The molecule has 6 nitrogen and oxygen atoms in total. The van der Waals surface area contributed by atoms with Gasteiger partial charge in [-0.25, -0.2) is 9.78 Å². The second kappa shape index (κ2) is 6.31. The summed E-state index contributed by atoms with van der Waals surface area (Å²) < 4.78 is 5.13. The second-order valence-electron chi connectivity index (χ2n) is 5.19. The molecule has 0 aliphatic rings. The van der Waals surface area contributed by atoms with Gasteiger partial charge in [0, 0.05) is 0 Å². The molecule has 1 heterocycles. The zero-order chi connectivity index (χ0) is 14.6. The number of hydrogen-bond donors (Lipinski definition) is 3. The van der Waals surface area contributed by atoms with Gasteiger partial charge in [-0.05, 0) is 40.7 Å². The van der Waals surface area contributed by atoms with E-state index in [0.29, 0.717) is 23.8 Å². The van der Waals surface area contributed by atoms with Crippen LogP contribution in [0.25, 0.3) is 0 Å². The van der Waals surface area contributed by atoms with Crippen molar-refractivity contribution >= 4 is 22.6 Å². The number of aromatic nitrogens is 1. The zero-order valence-electron chi connectivity index (χ0n) is 11.7. The molecule has 7 heteroatoms. The number of aliphatic hydroxyl groups excluding tert-OH is 1. The van der Waals surface area contributed by atoms with E-state index in [-0.39, 0.29) is 0 Å². The Bertz CT molecular complexity index is 440. The maximum Gasteiger partial charge on any atom is 0.413 e. The average Bonchev–Trinajstić information content (AvgIpc) is 2.56. The van der Waals surface area contributed by atoms with Crippen LogP contribution in [0.1, 0.15) is 43.9 Å². The van der Waals surface area contributed by atoms with E-state index in [1.54, 1.807) is 27.7 Å². The van der Waals surface area contributed by atoms with Crippen LogP contribution in [0.5, 0.6) is 0 Å². The Labute approximate surface area is 117 Å². The van der Waals surface area contributed by atoms with Crippen molar-refractivity contribution in [1.29, 1.82) is 0 Å². The number of aryl methyl sites for hydroxylation is 1. The number of hydrogen-bond acceptors (Lipinski definition) is 6. The van der Waals surface area contributed by atoms with Crippen molar-refractivity contribution in [2.45, 2.75) is 45.8 Å². The lowest BCUT2D eigenvalue weighted by Gasteiger charge is -2.18. The first kappa shape index (κ1) is 15.9. The lowest BCUT2D eigenvalue weighted by atomic mass is 10.2. The van der Waals surface area contributed by atoms with Crippen molar-refractivity contribution in [3.05, 3.63) is 10.6 Å². The highest BCUT2D eigenvalue weighted by molar-refractivity contribution is 7.16. The predicted molar refractivity (Wildman–Crippen MR) is 75.3 cm³/mol. The second-order valence-corrected chi connectivity index (χ2v) is 6.22. The van der Waals surface area contributed by atoms with Gasteiger partial charge in [-0.15, -0.1) is 0 Å². The number of carbonyl (C=O) groups is 1. The fraction of sp³-hybridized carbons (Fsp3) is 0.667. The minimum Gasteiger partial charge on any atom is -0.444 e. The number of thiazole rings is 1. The number of aliphatic hydroxyl groups is 1. The molecule has 0 spiro atoms. The van der Waals surface area contributed by atoms with Crippen LogP contribution in [0.2, 0.25) is 0 Å². The number of nitrogens with two attached hydrogens (primary N) is 1. The molecule has 1 aromatic heterocycles. The van der Waals surface area contributed by atoms with Gasteiger partial charge < -0.3 is 15.6 Å². The quantitative estimate of drug-likeness (QED) is 0.788. The van der Waals surface area contributed by atoms with E-state index in [1.165, 1.54) is 11.3 Å². The molecular formula is C12H21N3O3S. The molecule has 1 atom stereocenters. The van der Waals surface area contributed by atoms with Crippen molar-refractivity contribution in [2.75, 3.05) is 11.9 Å². The SMILES string of the molecule is Cc1nc(NC(=O)OC(C)(C)C)sc1[C@H](O)CCN. The molecule has 0 saturated carbocycles. The summed E-state index contributed by atoms with van der Waals surface area (Å²) in [7, 11) is 0. The number of carbonyl (C=O) groups excluding carboxylic acids is 1. The smallest absolute Gasteiger partial charge is 0.413 e. The molecule has 4 N–H and O–H groups in total. The number of amides is 1. The van der Waals surface area contributed by atoms with Crippen LogP contribution < -0.4 is 11.1 Å². The van der Waals surface area contributed by atoms with Crippen molar-refractivity contribution in [1.82, 2.24) is 4.98 Å². The molecule has 0 saturated heterocycles. The van der Waals surface area contributed by atoms with Gasteiger partial charge in [0.1, 0.15) is 5.60 Å². The Hall–Kier alpha value is -1.18. The summed E-state index contributed by atoms with van der Waals surface area (Å²) in [4.78, 5) is 16.5. The zero-order valence-corrected chi connectivity index (χ0v) is 12.5. The molecule has 108 valence electrons. The van der Waals surface area contributed by atoms with Gasteiger partial charge in [-0.1, -0.05) is 11.3 Å². The van der Waals surface area contributed by atoms with E-state index in [0.717, 1.165) is 4.88 Å². The fourth-order valence-corrected chi connectivity index (χ4v) is 2.42. The molecule has 0 radical (unpaired) electrons. The van der Waals surface area contributed by atoms with Crippen molar-refractivity contribution in [3.8, 4) is 0 Å². The van der Waals surface area contributed by atoms with Crippen molar-refractivity contribution in [3.63, 3.8) is 0 Å². The number of nitrogens with zero attached hydrogens (tertiary/aromatic N) is 1. The predicted octanol–water partition coefficient (Wildman–Crippen LogP) is 2.18. The van der Waals surface area contributed by atoms with Crippen molar-refractivity contribution < 1.29 is 14.6 Å². The summed E-state index contributed by atoms with van der Waals surface area (Å²) in [6.07, 6.45) is -0.729. The minimum absolute atomic E-state index is 0.396. The Morgan fingerprint density at radius 3 is 2.74 bits per heavy atom. The minimum atomic E-state index is -0.642. The van der Waals surface area contributed by atoms with E-state index >= 15 is 0 Å². The average molecular weight is 287 g/mol. The first-order valence-electron chi connectivity index (χ1n) is 6.08. The maximum atomic E-state index is 11.6. The number of anilines is 1. The summed E-state index contributed by atoms with van der Waals surface area (Å²) in [5, 5.41) is 12.9. The van der Waals surface area contributed by atoms with E-state index in [9.17, 15) is 9.90 Å². The van der Waals surface area contributed by atoms with Gasteiger partial charge in [0.2, 0.25) is 0 Å². The highest BCUT2D eigenvalue weighted by atomic mass is 32.1. The third-order valence-electron chi connectivity index (χ3n) is 2.18. The van der Waals surface area contributed by atoms with Crippen molar-refractivity contribution in [2.24, 2.45) is 5.73 Å². The highest BCUT2D eigenvalue weighted by Gasteiger charge is 2.20. The summed E-state index contributed by atoms with van der Waals surface area (Å²) in [6.45, 7) is 7.54.